The third-order valence-electron chi connectivity index (χ3n) is 5.03. The predicted octanol–water partition coefficient (Wildman–Crippen LogP) is 5.56. The Labute approximate surface area is 191 Å². The number of nitrogens with one attached hydrogen (secondary N) is 1. The molecule has 32 heavy (non-hydrogen) atoms. The maximum absolute atomic E-state index is 12.7. The molecule has 1 amide bonds. The highest BCUT2D eigenvalue weighted by atomic mass is 32.2. The summed E-state index contributed by atoms with van der Waals surface area (Å²) < 4.78 is 1.35. The summed E-state index contributed by atoms with van der Waals surface area (Å²) >= 11 is 1.49. The Hall–Kier alpha value is -3.64. The normalized spacial score (nSPS) is 10.7. The molecule has 5 nitrogen and oxygen atoms in total. The van der Waals surface area contributed by atoms with Crippen molar-refractivity contribution in [2.45, 2.75) is 30.7 Å². The van der Waals surface area contributed by atoms with Crippen LogP contribution in [0.5, 0.6) is 0 Å². The highest BCUT2D eigenvalue weighted by Gasteiger charge is 2.10. The van der Waals surface area contributed by atoms with Crippen LogP contribution >= 0.6 is 11.8 Å². The SMILES string of the molecule is Cc1ccc(Sc2ccc(=O)n(-c3ccc(C(=O)Nc4cc(C)ccc4C)cc3)n2)cc1. The monoisotopic (exact) mass is 441 g/mol. The highest BCUT2D eigenvalue weighted by Crippen LogP contribution is 2.25. The van der Waals surface area contributed by atoms with Gasteiger partial charge in [0.2, 0.25) is 0 Å². The van der Waals surface area contributed by atoms with Gasteiger partial charge in [-0.1, -0.05) is 41.6 Å². The zero-order chi connectivity index (χ0) is 22.7. The fourth-order valence-electron chi connectivity index (χ4n) is 3.18. The topological polar surface area (TPSA) is 64.0 Å². The van der Waals surface area contributed by atoms with E-state index in [0.29, 0.717) is 16.3 Å². The molecule has 0 fully saturated rings. The summed E-state index contributed by atoms with van der Waals surface area (Å²) in [4.78, 5) is 26.1. The second-order valence-corrected chi connectivity index (χ2v) is 8.75. The molecule has 0 unspecified atom stereocenters. The van der Waals surface area contributed by atoms with Crippen LogP contribution < -0.4 is 10.9 Å². The van der Waals surface area contributed by atoms with Gasteiger partial charge in [-0.3, -0.25) is 9.59 Å². The van der Waals surface area contributed by atoms with Crippen LogP contribution in [-0.2, 0) is 0 Å². The number of hydrogen-bond donors (Lipinski definition) is 1. The number of aryl methyl sites for hydroxylation is 3. The van der Waals surface area contributed by atoms with Gasteiger partial charge in [-0.05, 0) is 80.4 Å². The van der Waals surface area contributed by atoms with Gasteiger partial charge in [0, 0.05) is 22.2 Å². The van der Waals surface area contributed by atoms with Crippen molar-refractivity contribution >= 4 is 23.4 Å². The molecule has 0 spiro atoms. The smallest absolute Gasteiger partial charge is 0.271 e. The number of hydrogen-bond acceptors (Lipinski definition) is 4. The van der Waals surface area contributed by atoms with Crippen LogP contribution in [-0.4, -0.2) is 15.7 Å². The van der Waals surface area contributed by atoms with Crippen molar-refractivity contribution in [3.8, 4) is 5.69 Å². The summed E-state index contributed by atoms with van der Waals surface area (Å²) in [7, 11) is 0. The first kappa shape index (κ1) is 21.6. The molecule has 0 bridgehead atoms. The van der Waals surface area contributed by atoms with Crippen LogP contribution in [0.3, 0.4) is 0 Å². The van der Waals surface area contributed by atoms with Crippen molar-refractivity contribution in [1.29, 1.82) is 0 Å². The summed E-state index contributed by atoms with van der Waals surface area (Å²) in [6.45, 7) is 5.98. The third kappa shape index (κ3) is 4.98. The molecule has 0 saturated carbocycles. The van der Waals surface area contributed by atoms with Gasteiger partial charge in [0.05, 0.1) is 5.69 Å². The number of carbonyl (C=O) groups excluding carboxylic acids is 1. The van der Waals surface area contributed by atoms with Gasteiger partial charge in [-0.2, -0.15) is 9.78 Å². The van der Waals surface area contributed by atoms with E-state index in [1.165, 1.54) is 28.1 Å². The molecule has 3 aromatic carbocycles. The fourth-order valence-corrected chi connectivity index (χ4v) is 3.95. The van der Waals surface area contributed by atoms with Crippen LogP contribution in [0.4, 0.5) is 5.69 Å². The molecule has 0 saturated heterocycles. The van der Waals surface area contributed by atoms with Gasteiger partial charge in [0.15, 0.2) is 0 Å². The Kier molecular flexibility index (Phi) is 6.23. The molecule has 1 aromatic heterocycles. The summed E-state index contributed by atoms with van der Waals surface area (Å²) in [6.07, 6.45) is 0. The summed E-state index contributed by atoms with van der Waals surface area (Å²) in [6, 6.07) is 24.2. The second-order valence-electron chi connectivity index (χ2n) is 7.66. The number of benzene rings is 3. The van der Waals surface area contributed by atoms with E-state index in [2.05, 4.69) is 10.4 Å². The van der Waals surface area contributed by atoms with Crippen molar-refractivity contribution in [1.82, 2.24) is 9.78 Å². The number of amides is 1. The van der Waals surface area contributed by atoms with Crippen molar-refractivity contribution in [3.63, 3.8) is 0 Å². The van der Waals surface area contributed by atoms with Gasteiger partial charge in [0.25, 0.3) is 11.5 Å². The van der Waals surface area contributed by atoms with E-state index in [-0.39, 0.29) is 11.5 Å². The predicted molar refractivity (Wildman–Crippen MR) is 129 cm³/mol. The number of anilines is 1. The quantitative estimate of drug-likeness (QED) is 0.440. The molecule has 0 radical (unpaired) electrons. The molecule has 6 heteroatoms. The first-order valence-corrected chi connectivity index (χ1v) is 11.0. The number of rotatable bonds is 5. The molecule has 4 rings (SSSR count). The molecular weight excluding hydrogens is 418 g/mol. The average Bonchev–Trinajstić information content (AvgIpc) is 2.79. The molecule has 1 N–H and O–H groups in total. The van der Waals surface area contributed by atoms with E-state index in [1.807, 2.05) is 63.2 Å². The van der Waals surface area contributed by atoms with Crippen LogP contribution in [0.2, 0.25) is 0 Å². The van der Waals surface area contributed by atoms with E-state index in [1.54, 1.807) is 30.3 Å². The molecule has 0 atom stereocenters. The molecular formula is C26H23N3O2S. The molecule has 0 aliphatic carbocycles. The summed E-state index contributed by atoms with van der Waals surface area (Å²) in [5, 5.41) is 8.16. The van der Waals surface area contributed by atoms with E-state index < -0.39 is 0 Å². The van der Waals surface area contributed by atoms with Gasteiger partial charge in [-0.25, -0.2) is 0 Å². The van der Waals surface area contributed by atoms with E-state index >= 15 is 0 Å². The second kappa shape index (κ2) is 9.24. The summed E-state index contributed by atoms with van der Waals surface area (Å²) in [5.74, 6) is -0.200. The highest BCUT2D eigenvalue weighted by molar-refractivity contribution is 7.99. The molecule has 0 aliphatic rings. The van der Waals surface area contributed by atoms with E-state index in [9.17, 15) is 9.59 Å². The summed E-state index contributed by atoms with van der Waals surface area (Å²) in [5.41, 5.74) is 4.93. The Morgan fingerprint density at radius 1 is 0.844 bits per heavy atom. The zero-order valence-electron chi connectivity index (χ0n) is 18.1. The average molecular weight is 442 g/mol. The molecule has 0 aliphatic heterocycles. The maximum atomic E-state index is 12.7. The minimum atomic E-state index is -0.231. The minimum Gasteiger partial charge on any atom is -0.322 e. The van der Waals surface area contributed by atoms with Crippen LogP contribution in [0.25, 0.3) is 5.69 Å². The molecule has 1 heterocycles. The first-order valence-electron chi connectivity index (χ1n) is 10.2. The Morgan fingerprint density at radius 2 is 1.53 bits per heavy atom. The molecule has 160 valence electrons. The van der Waals surface area contributed by atoms with Crippen molar-refractivity contribution in [3.05, 3.63) is 111 Å². The lowest BCUT2D eigenvalue weighted by atomic mass is 10.1. The van der Waals surface area contributed by atoms with Crippen molar-refractivity contribution in [2.24, 2.45) is 0 Å². The number of nitrogens with zero attached hydrogens (tertiary/aromatic N) is 2. The Morgan fingerprint density at radius 3 is 2.25 bits per heavy atom. The van der Waals surface area contributed by atoms with Crippen molar-refractivity contribution < 1.29 is 4.79 Å². The van der Waals surface area contributed by atoms with Gasteiger partial charge in [0.1, 0.15) is 5.03 Å². The van der Waals surface area contributed by atoms with Gasteiger partial charge < -0.3 is 5.32 Å². The van der Waals surface area contributed by atoms with Gasteiger partial charge >= 0.3 is 0 Å². The van der Waals surface area contributed by atoms with Crippen LogP contribution in [0.1, 0.15) is 27.0 Å². The van der Waals surface area contributed by atoms with Crippen LogP contribution in [0.15, 0.2) is 93.6 Å². The number of aromatic nitrogens is 2. The lowest BCUT2D eigenvalue weighted by Crippen LogP contribution is -2.20. The first-order chi connectivity index (χ1) is 15.4. The van der Waals surface area contributed by atoms with Crippen molar-refractivity contribution in [2.75, 3.05) is 5.32 Å². The largest absolute Gasteiger partial charge is 0.322 e. The number of carbonyl (C=O) groups is 1. The third-order valence-corrected chi connectivity index (χ3v) is 5.97. The van der Waals surface area contributed by atoms with Gasteiger partial charge in [-0.15, -0.1) is 0 Å². The minimum absolute atomic E-state index is 0.200. The van der Waals surface area contributed by atoms with E-state index in [0.717, 1.165) is 21.7 Å². The molecule has 4 aromatic rings. The Bertz CT molecular complexity index is 1330. The zero-order valence-corrected chi connectivity index (χ0v) is 18.9. The fraction of sp³-hybridized carbons (Fsp3) is 0.115. The van der Waals surface area contributed by atoms with Crippen LogP contribution in [0, 0.1) is 20.8 Å². The Balaban J connectivity index is 1.54. The standard InChI is InChI=1S/C26H23N3O2S/c1-17-5-12-22(13-6-17)32-24-14-15-25(30)29(28-24)21-10-8-20(9-11-21)26(31)27-23-16-18(2)4-7-19(23)3/h4-16H,1-3H3,(H,27,31). The lowest BCUT2D eigenvalue weighted by Gasteiger charge is -2.10. The van der Waals surface area contributed by atoms with E-state index in [4.69, 9.17) is 0 Å². The lowest BCUT2D eigenvalue weighted by molar-refractivity contribution is 0.102. The maximum Gasteiger partial charge on any atom is 0.271 e.